The first kappa shape index (κ1) is 12.1. The summed E-state index contributed by atoms with van der Waals surface area (Å²) in [5.74, 6) is -0.475. The van der Waals surface area contributed by atoms with E-state index in [-0.39, 0.29) is 12.5 Å². The van der Waals surface area contributed by atoms with Crippen molar-refractivity contribution in [2.75, 3.05) is 12.8 Å². The zero-order valence-electron chi connectivity index (χ0n) is 8.92. The summed E-state index contributed by atoms with van der Waals surface area (Å²) in [7, 11) is 0. The molecule has 2 heterocycles. The van der Waals surface area contributed by atoms with Crippen molar-refractivity contribution in [3.63, 3.8) is 0 Å². The molecule has 0 bridgehead atoms. The van der Waals surface area contributed by atoms with Gasteiger partial charge in [0.05, 0.1) is 12.0 Å². The Balaban J connectivity index is 2.38. The Morgan fingerprint density at radius 3 is 2.69 bits per heavy atom. The van der Waals surface area contributed by atoms with Crippen LogP contribution in [0.15, 0.2) is 0 Å². The van der Waals surface area contributed by atoms with Crippen LogP contribution in [0, 0.1) is 17.2 Å². The monoisotopic (exact) mass is 250 g/mol. The van der Waals surface area contributed by atoms with E-state index < -0.39 is 17.0 Å². The van der Waals surface area contributed by atoms with Crippen LogP contribution in [0.5, 0.6) is 0 Å². The van der Waals surface area contributed by atoms with Gasteiger partial charge in [-0.15, -0.1) is 11.8 Å². The predicted molar refractivity (Wildman–Crippen MR) is 55.7 cm³/mol. The SMILES string of the molecule is CS[C@]1(C(F)(F)F)C[C@H](C#N)[C@H]2CCCN21. The van der Waals surface area contributed by atoms with Crippen LogP contribution in [0.25, 0.3) is 0 Å². The molecule has 2 saturated heterocycles. The fraction of sp³-hybridized carbons (Fsp3) is 0.900. The van der Waals surface area contributed by atoms with Gasteiger partial charge in [-0.1, -0.05) is 0 Å². The van der Waals surface area contributed by atoms with Gasteiger partial charge in [-0.25, -0.2) is 0 Å². The number of hydrogen-bond acceptors (Lipinski definition) is 3. The highest BCUT2D eigenvalue weighted by molar-refractivity contribution is 8.00. The zero-order valence-corrected chi connectivity index (χ0v) is 9.74. The minimum Gasteiger partial charge on any atom is -0.277 e. The first-order chi connectivity index (χ1) is 7.46. The standard InChI is InChI=1S/C10H13F3N2S/c1-16-9(10(11,12)13)5-7(6-14)8-3-2-4-15(8)9/h7-8H,2-5H2,1H3/t7-,8-,9+/m1/s1. The molecule has 3 atom stereocenters. The molecule has 0 radical (unpaired) electrons. The highest BCUT2D eigenvalue weighted by Crippen LogP contribution is 2.55. The average Bonchev–Trinajstić information content (AvgIpc) is 2.75. The summed E-state index contributed by atoms with van der Waals surface area (Å²) in [4.78, 5) is -0.319. The number of nitriles is 1. The highest BCUT2D eigenvalue weighted by atomic mass is 32.2. The second-order valence-electron chi connectivity index (χ2n) is 4.33. The third-order valence-electron chi connectivity index (χ3n) is 3.67. The molecular formula is C10H13F3N2S. The maximum atomic E-state index is 13.2. The summed E-state index contributed by atoms with van der Waals surface area (Å²) >= 11 is 0.832. The lowest BCUT2D eigenvalue weighted by Crippen LogP contribution is -2.52. The third-order valence-corrected chi connectivity index (χ3v) is 4.98. The van der Waals surface area contributed by atoms with Crippen molar-refractivity contribution in [2.24, 2.45) is 5.92 Å². The molecule has 0 unspecified atom stereocenters. The number of hydrogen-bond donors (Lipinski definition) is 0. The van der Waals surface area contributed by atoms with Crippen molar-refractivity contribution >= 4 is 11.8 Å². The van der Waals surface area contributed by atoms with Crippen LogP contribution >= 0.6 is 11.8 Å². The quantitative estimate of drug-likeness (QED) is 0.715. The lowest BCUT2D eigenvalue weighted by atomic mass is 9.98. The second-order valence-corrected chi connectivity index (χ2v) is 5.41. The summed E-state index contributed by atoms with van der Waals surface area (Å²) in [5, 5.41) is 8.95. The van der Waals surface area contributed by atoms with E-state index in [9.17, 15) is 13.2 Å². The molecule has 0 N–H and O–H groups in total. The lowest BCUT2D eigenvalue weighted by molar-refractivity contribution is -0.190. The molecule has 0 aromatic rings. The van der Waals surface area contributed by atoms with Gasteiger partial charge in [0.25, 0.3) is 0 Å². The molecule has 2 rings (SSSR count). The molecule has 0 spiro atoms. The van der Waals surface area contributed by atoms with E-state index in [0.29, 0.717) is 6.54 Å². The van der Waals surface area contributed by atoms with E-state index in [0.717, 1.165) is 24.6 Å². The van der Waals surface area contributed by atoms with Crippen LogP contribution in [0.4, 0.5) is 13.2 Å². The summed E-state index contributed by atoms with van der Waals surface area (Å²) in [6.07, 6.45) is -1.38. The van der Waals surface area contributed by atoms with Crippen molar-refractivity contribution in [1.82, 2.24) is 4.90 Å². The maximum absolute atomic E-state index is 13.2. The van der Waals surface area contributed by atoms with Gasteiger partial charge >= 0.3 is 6.18 Å². The first-order valence-electron chi connectivity index (χ1n) is 5.24. The molecular weight excluding hydrogens is 237 g/mol. The Kier molecular flexibility index (Phi) is 2.87. The van der Waals surface area contributed by atoms with E-state index in [1.165, 1.54) is 11.2 Å². The van der Waals surface area contributed by atoms with Crippen molar-refractivity contribution in [3.05, 3.63) is 0 Å². The van der Waals surface area contributed by atoms with Crippen LogP contribution < -0.4 is 0 Å². The van der Waals surface area contributed by atoms with Gasteiger partial charge in [-0.3, -0.25) is 4.90 Å². The Morgan fingerprint density at radius 2 is 2.19 bits per heavy atom. The molecule has 2 fully saturated rings. The Morgan fingerprint density at radius 1 is 1.50 bits per heavy atom. The zero-order chi connectivity index (χ0) is 12.0. The molecule has 2 aliphatic heterocycles. The Hall–Kier alpha value is -0.410. The fourth-order valence-electron chi connectivity index (χ4n) is 2.94. The van der Waals surface area contributed by atoms with E-state index in [1.807, 2.05) is 6.07 Å². The average molecular weight is 250 g/mol. The van der Waals surface area contributed by atoms with E-state index in [4.69, 9.17) is 5.26 Å². The number of nitrogens with zero attached hydrogens (tertiary/aromatic N) is 2. The topological polar surface area (TPSA) is 27.0 Å². The molecule has 6 heteroatoms. The number of rotatable bonds is 1. The Labute approximate surface area is 96.8 Å². The largest absolute Gasteiger partial charge is 0.416 e. The lowest BCUT2D eigenvalue weighted by Gasteiger charge is -2.38. The molecule has 0 aromatic carbocycles. The minimum absolute atomic E-state index is 0.0845. The third kappa shape index (κ3) is 1.45. The number of halogens is 3. The smallest absolute Gasteiger partial charge is 0.277 e. The van der Waals surface area contributed by atoms with E-state index >= 15 is 0 Å². The van der Waals surface area contributed by atoms with Crippen molar-refractivity contribution in [3.8, 4) is 6.07 Å². The molecule has 90 valence electrons. The van der Waals surface area contributed by atoms with Gasteiger partial charge in [-0.05, 0) is 19.1 Å². The van der Waals surface area contributed by atoms with Crippen LogP contribution in [-0.2, 0) is 0 Å². The maximum Gasteiger partial charge on any atom is 0.416 e. The molecule has 16 heavy (non-hydrogen) atoms. The van der Waals surface area contributed by atoms with Gasteiger partial charge < -0.3 is 0 Å². The molecule has 0 aliphatic carbocycles. The summed E-state index contributed by atoms with van der Waals surface area (Å²) in [6, 6.07) is 1.85. The van der Waals surface area contributed by atoms with Gasteiger partial charge in [0.2, 0.25) is 0 Å². The highest BCUT2D eigenvalue weighted by Gasteiger charge is 2.66. The van der Waals surface area contributed by atoms with Crippen LogP contribution in [-0.4, -0.2) is 34.8 Å². The summed E-state index contributed by atoms with van der Waals surface area (Å²) < 4.78 is 39.6. The second kappa shape index (κ2) is 3.81. The number of alkyl halides is 3. The van der Waals surface area contributed by atoms with E-state index in [2.05, 4.69) is 0 Å². The van der Waals surface area contributed by atoms with E-state index in [1.54, 1.807) is 0 Å². The van der Waals surface area contributed by atoms with Gasteiger partial charge in [-0.2, -0.15) is 18.4 Å². The number of fused-ring (bicyclic) bond motifs is 1. The van der Waals surface area contributed by atoms with Crippen LogP contribution in [0.3, 0.4) is 0 Å². The molecule has 2 aliphatic rings. The fourth-order valence-corrected chi connectivity index (χ4v) is 3.98. The number of thioether (sulfide) groups is 1. The molecule has 0 saturated carbocycles. The van der Waals surface area contributed by atoms with Crippen molar-refractivity contribution < 1.29 is 13.2 Å². The summed E-state index contributed by atoms with van der Waals surface area (Å²) in [6.45, 7) is 0.462. The van der Waals surface area contributed by atoms with Crippen molar-refractivity contribution in [1.29, 1.82) is 5.26 Å². The molecule has 2 nitrogen and oxygen atoms in total. The summed E-state index contributed by atoms with van der Waals surface area (Å²) in [5.41, 5.74) is 0. The molecule has 0 amide bonds. The van der Waals surface area contributed by atoms with Crippen molar-refractivity contribution in [2.45, 2.75) is 36.4 Å². The van der Waals surface area contributed by atoms with Crippen LogP contribution in [0.1, 0.15) is 19.3 Å². The van der Waals surface area contributed by atoms with Crippen LogP contribution in [0.2, 0.25) is 0 Å². The predicted octanol–water partition coefficient (Wildman–Crippen LogP) is 2.62. The van der Waals surface area contributed by atoms with Gasteiger partial charge in [0, 0.05) is 19.0 Å². The molecule has 0 aromatic heterocycles. The Bertz CT molecular complexity index is 325. The minimum atomic E-state index is -4.26. The first-order valence-corrected chi connectivity index (χ1v) is 6.47. The van der Waals surface area contributed by atoms with Gasteiger partial charge in [0.15, 0.2) is 4.87 Å². The normalized spacial score (nSPS) is 39.7. The van der Waals surface area contributed by atoms with Gasteiger partial charge in [0.1, 0.15) is 0 Å².